The lowest BCUT2D eigenvalue weighted by Gasteiger charge is -2.16. The molecule has 104 valence electrons. The molecule has 2 atom stereocenters. The van der Waals surface area contributed by atoms with Crippen molar-refractivity contribution in [3.8, 4) is 0 Å². The van der Waals surface area contributed by atoms with Gasteiger partial charge in [-0.15, -0.1) is 0 Å². The first-order valence-corrected chi connectivity index (χ1v) is 7.80. The van der Waals surface area contributed by atoms with Gasteiger partial charge >= 0.3 is 6.03 Å². The van der Waals surface area contributed by atoms with Gasteiger partial charge in [0.15, 0.2) is 0 Å². The first-order chi connectivity index (χ1) is 9.13. The number of fused-ring (bicyclic) bond motifs is 1. The minimum absolute atomic E-state index is 0.0131. The third-order valence-electron chi connectivity index (χ3n) is 4.19. The van der Waals surface area contributed by atoms with Crippen molar-refractivity contribution in [1.29, 1.82) is 0 Å². The van der Waals surface area contributed by atoms with Gasteiger partial charge in [0.25, 0.3) is 0 Å². The van der Waals surface area contributed by atoms with Gasteiger partial charge in [0.2, 0.25) is 5.13 Å². The minimum Gasteiger partial charge on any atom is -0.324 e. The number of anilines is 1. The zero-order valence-corrected chi connectivity index (χ0v) is 12.2. The summed E-state index contributed by atoms with van der Waals surface area (Å²) in [6, 6.07) is -0.0131. The molecule has 0 bridgehead atoms. The average Bonchev–Trinajstić information content (AvgIpc) is 3.02. The SMILES string of the molecule is CC(C)c1nsc(NC(=O)N2CC3CCCC3C2)n1. The Balaban J connectivity index is 1.59. The Morgan fingerprint density at radius 2 is 2.05 bits per heavy atom. The third kappa shape index (κ3) is 2.59. The van der Waals surface area contributed by atoms with Gasteiger partial charge in [0.05, 0.1) is 0 Å². The van der Waals surface area contributed by atoms with Crippen molar-refractivity contribution in [2.24, 2.45) is 11.8 Å². The van der Waals surface area contributed by atoms with Crippen molar-refractivity contribution < 1.29 is 4.79 Å². The second-order valence-corrected chi connectivity index (χ2v) is 6.65. The Bertz CT molecular complexity index is 461. The Hall–Kier alpha value is -1.17. The van der Waals surface area contributed by atoms with E-state index in [1.165, 1.54) is 30.8 Å². The zero-order valence-electron chi connectivity index (χ0n) is 11.4. The van der Waals surface area contributed by atoms with Crippen LogP contribution >= 0.6 is 11.5 Å². The van der Waals surface area contributed by atoms with E-state index in [9.17, 15) is 4.79 Å². The summed E-state index contributed by atoms with van der Waals surface area (Å²) in [7, 11) is 0. The molecule has 2 unspecified atom stereocenters. The molecule has 1 aromatic heterocycles. The molecule has 1 aliphatic heterocycles. The normalized spacial score (nSPS) is 25.9. The number of hydrogen-bond donors (Lipinski definition) is 1. The molecule has 3 rings (SSSR count). The molecule has 2 heterocycles. The molecular weight excluding hydrogens is 260 g/mol. The van der Waals surface area contributed by atoms with Crippen LogP contribution in [-0.4, -0.2) is 33.4 Å². The van der Waals surface area contributed by atoms with E-state index in [0.717, 1.165) is 30.7 Å². The Morgan fingerprint density at radius 3 is 2.63 bits per heavy atom. The molecule has 6 heteroatoms. The molecule has 2 fully saturated rings. The van der Waals surface area contributed by atoms with Crippen LogP contribution in [0.4, 0.5) is 9.93 Å². The topological polar surface area (TPSA) is 58.1 Å². The molecule has 19 heavy (non-hydrogen) atoms. The fourth-order valence-electron chi connectivity index (χ4n) is 3.09. The van der Waals surface area contributed by atoms with E-state index in [1.54, 1.807) is 0 Å². The van der Waals surface area contributed by atoms with Crippen molar-refractivity contribution >= 4 is 22.7 Å². The van der Waals surface area contributed by atoms with Crippen LogP contribution in [0.2, 0.25) is 0 Å². The fraction of sp³-hybridized carbons (Fsp3) is 0.769. The third-order valence-corrected chi connectivity index (χ3v) is 4.83. The lowest BCUT2D eigenvalue weighted by Crippen LogP contribution is -2.33. The number of nitrogens with one attached hydrogen (secondary N) is 1. The van der Waals surface area contributed by atoms with E-state index in [2.05, 4.69) is 28.5 Å². The van der Waals surface area contributed by atoms with Crippen molar-refractivity contribution in [2.75, 3.05) is 18.4 Å². The summed E-state index contributed by atoms with van der Waals surface area (Å²) in [5, 5.41) is 3.50. The van der Waals surface area contributed by atoms with Gasteiger partial charge in [0.1, 0.15) is 5.82 Å². The van der Waals surface area contributed by atoms with E-state index in [0.29, 0.717) is 11.0 Å². The van der Waals surface area contributed by atoms with E-state index in [4.69, 9.17) is 0 Å². The van der Waals surface area contributed by atoms with E-state index < -0.39 is 0 Å². The van der Waals surface area contributed by atoms with Gasteiger partial charge in [-0.1, -0.05) is 20.3 Å². The number of amides is 2. The highest BCUT2D eigenvalue weighted by Crippen LogP contribution is 2.37. The number of urea groups is 1. The molecular formula is C13H20N4OS. The molecule has 5 nitrogen and oxygen atoms in total. The Labute approximate surface area is 117 Å². The molecule has 2 amide bonds. The molecule has 0 aromatic carbocycles. The largest absolute Gasteiger partial charge is 0.324 e. The van der Waals surface area contributed by atoms with Gasteiger partial charge in [-0.05, 0) is 24.7 Å². The van der Waals surface area contributed by atoms with Crippen LogP contribution in [0.1, 0.15) is 44.9 Å². The highest BCUT2D eigenvalue weighted by atomic mass is 32.1. The first kappa shape index (κ1) is 12.8. The fourth-order valence-corrected chi connectivity index (χ4v) is 3.79. The van der Waals surface area contributed by atoms with Crippen LogP contribution in [0.3, 0.4) is 0 Å². The second-order valence-electron chi connectivity index (χ2n) is 5.90. The summed E-state index contributed by atoms with van der Waals surface area (Å²) >= 11 is 1.27. The van der Waals surface area contributed by atoms with Gasteiger partial charge in [-0.2, -0.15) is 4.37 Å². The van der Waals surface area contributed by atoms with Crippen molar-refractivity contribution in [3.63, 3.8) is 0 Å². The molecule has 1 saturated carbocycles. The summed E-state index contributed by atoms with van der Waals surface area (Å²) in [5.41, 5.74) is 0. The second kappa shape index (κ2) is 5.07. The van der Waals surface area contributed by atoms with Gasteiger partial charge in [-0.3, -0.25) is 5.32 Å². The van der Waals surface area contributed by atoms with Crippen molar-refractivity contribution in [3.05, 3.63) is 5.82 Å². The van der Waals surface area contributed by atoms with Gasteiger partial charge in [-0.25, -0.2) is 9.78 Å². The molecule has 1 saturated heterocycles. The maximum atomic E-state index is 12.2. The minimum atomic E-state index is -0.0131. The summed E-state index contributed by atoms with van der Waals surface area (Å²) < 4.78 is 4.25. The van der Waals surface area contributed by atoms with Gasteiger partial charge < -0.3 is 4.90 Å². The van der Waals surface area contributed by atoms with Crippen LogP contribution in [0.25, 0.3) is 0 Å². The monoisotopic (exact) mass is 280 g/mol. The van der Waals surface area contributed by atoms with E-state index in [1.807, 2.05) is 4.90 Å². The van der Waals surface area contributed by atoms with Crippen LogP contribution in [-0.2, 0) is 0 Å². The number of hydrogen-bond acceptors (Lipinski definition) is 4. The molecule has 1 aliphatic carbocycles. The molecule has 1 N–H and O–H groups in total. The Kier molecular flexibility index (Phi) is 3.43. The highest BCUT2D eigenvalue weighted by molar-refractivity contribution is 7.09. The summed E-state index contributed by atoms with van der Waals surface area (Å²) in [6.07, 6.45) is 3.90. The number of carbonyl (C=O) groups is 1. The standard InChI is InChI=1S/C13H20N4OS/c1-8(2)11-14-12(19-16-11)15-13(18)17-6-9-4-3-5-10(9)7-17/h8-10H,3-7H2,1-2H3,(H,14,15,16,18). The molecule has 2 aliphatic rings. The maximum Gasteiger partial charge on any atom is 0.323 e. The Morgan fingerprint density at radius 1 is 1.37 bits per heavy atom. The van der Waals surface area contributed by atoms with Crippen molar-refractivity contribution in [2.45, 2.75) is 39.0 Å². The number of rotatable bonds is 2. The number of aromatic nitrogens is 2. The lowest BCUT2D eigenvalue weighted by atomic mass is 10.0. The summed E-state index contributed by atoms with van der Waals surface area (Å²) in [4.78, 5) is 18.5. The predicted molar refractivity (Wildman–Crippen MR) is 75.4 cm³/mol. The molecule has 0 spiro atoms. The van der Waals surface area contributed by atoms with Crippen LogP contribution in [0.15, 0.2) is 0 Å². The number of likely N-dealkylation sites (tertiary alicyclic amines) is 1. The average molecular weight is 280 g/mol. The molecule has 0 radical (unpaired) electrons. The van der Waals surface area contributed by atoms with E-state index in [-0.39, 0.29) is 6.03 Å². The smallest absolute Gasteiger partial charge is 0.323 e. The van der Waals surface area contributed by atoms with Crippen LogP contribution in [0.5, 0.6) is 0 Å². The van der Waals surface area contributed by atoms with Crippen LogP contribution in [0, 0.1) is 11.8 Å². The number of nitrogens with zero attached hydrogens (tertiary/aromatic N) is 3. The van der Waals surface area contributed by atoms with Crippen molar-refractivity contribution in [1.82, 2.24) is 14.3 Å². The summed E-state index contributed by atoms with van der Waals surface area (Å²) in [5.74, 6) is 2.56. The van der Waals surface area contributed by atoms with Crippen LogP contribution < -0.4 is 5.32 Å². The summed E-state index contributed by atoms with van der Waals surface area (Å²) in [6.45, 7) is 5.92. The quantitative estimate of drug-likeness (QED) is 0.906. The number of carbonyl (C=O) groups excluding carboxylic acids is 1. The maximum absolute atomic E-state index is 12.2. The first-order valence-electron chi connectivity index (χ1n) is 7.03. The van der Waals surface area contributed by atoms with E-state index >= 15 is 0 Å². The van der Waals surface area contributed by atoms with Gasteiger partial charge in [0, 0.05) is 30.5 Å². The molecule has 1 aromatic rings. The lowest BCUT2D eigenvalue weighted by molar-refractivity contribution is 0.219. The zero-order chi connectivity index (χ0) is 13.4. The predicted octanol–water partition coefficient (Wildman–Crippen LogP) is 2.93. The highest BCUT2D eigenvalue weighted by Gasteiger charge is 2.38.